The monoisotopic (exact) mass is 219 g/mol. The second kappa shape index (κ2) is 5.60. The molecule has 1 N–H and O–H groups in total. The van der Waals surface area contributed by atoms with E-state index in [4.69, 9.17) is 0 Å². The Morgan fingerprint density at radius 1 is 1.27 bits per heavy atom. The fraction of sp³-hybridized carbons (Fsp3) is 0.400. The minimum atomic E-state index is -0.811. The summed E-state index contributed by atoms with van der Waals surface area (Å²) in [5.74, 6) is -2.14. The van der Waals surface area contributed by atoms with Crippen LogP contribution >= 0.6 is 0 Å². The third kappa shape index (κ3) is 3.13. The van der Waals surface area contributed by atoms with Gasteiger partial charge in [-0.05, 0) is 24.7 Å². The van der Waals surface area contributed by atoms with Crippen molar-refractivity contribution in [1.29, 1.82) is 0 Å². The molecule has 0 aromatic heterocycles. The van der Waals surface area contributed by atoms with Crippen molar-refractivity contribution in [3.05, 3.63) is 29.3 Å². The fourth-order valence-electron chi connectivity index (χ4n) is 1.20. The Kier molecular flexibility index (Phi) is 4.42. The molecule has 0 aliphatic rings. The van der Waals surface area contributed by atoms with Gasteiger partial charge in [0.05, 0.1) is 0 Å². The van der Waals surface area contributed by atoms with Crippen molar-refractivity contribution in [2.45, 2.75) is 6.54 Å². The number of hydrogen-bond donors (Lipinski definition) is 1. The van der Waals surface area contributed by atoms with Gasteiger partial charge in [0.25, 0.3) is 0 Å². The summed E-state index contributed by atoms with van der Waals surface area (Å²) in [5, 5.41) is 2.77. The average Bonchev–Trinajstić information content (AvgIpc) is 2.17. The number of ether oxygens (including phenoxy) is 1. The number of halogens is 3. The van der Waals surface area contributed by atoms with Crippen molar-refractivity contribution in [3.63, 3.8) is 0 Å². The van der Waals surface area contributed by atoms with Gasteiger partial charge in [-0.3, -0.25) is 0 Å². The Labute approximate surface area is 86.1 Å². The molecule has 0 unspecified atom stereocenters. The summed E-state index contributed by atoms with van der Waals surface area (Å²) in [6.07, 6.45) is 0. The summed E-state index contributed by atoms with van der Waals surface area (Å²) in [5.41, 5.74) is 0.472. The quantitative estimate of drug-likeness (QED) is 0.818. The number of alkyl halides is 1. The molecule has 0 saturated carbocycles. The Morgan fingerprint density at radius 3 is 2.33 bits per heavy atom. The summed E-state index contributed by atoms with van der Waals surface area (Å²) in [6.45, 7) is -0.770. The first-order chi connectivity index (χ1) is 7.19. The highest BCUT2D eigenvalue weighted by Gasteiger charge is 2.12. The van der Waals surface area contributed by atoms with E-state index in [-0.39, 0.29) is 6.61 Å². The maximum absolute atomic E-state index is 13.2. The molecule has 0 heterocycles. The van der Waals surface area contributed by atoms with Crippen molar-refractivity contribution in [1.82, 2.24) is 5.32 Å². The lowest BCUT2D eigenvalue weighted by molar-refractivity contribution is 0.251. The first-order valence-corrected chi connectivity index (χ1v) is 4.50. The molecular weight excluding hydrogens is 207 g/mol. The highest BCUT2D eigenvalue weighted by atomic mass is 19.1. The van der Waals surface area contributed by atoms with Crippen LogP contribution in [0.3, 0.4) is 0 Å². The first kappa shape index (κ1) is 11.8. The molecule has 0 spiro atoms. The van der Waals surface area contributed by atoms with Crippen LogP contribution in [0.1, 0.15) is 5.56 Å². The Hall–Kier alpha value is -1.23. The van der Waals surface area contributed by atoms with Gasteiger partial charge >= 0.3 is 0 Å². The predicted octanol–water partition coefficient (Wildman–Crippen LogP) is 2.03. The van der Waals surface area contributed by atoms with E-state index in [1.165, 1.54) is 0 Å². The zero-order valence-corrected chi connectivity index (χ0v) is 8.32. The number of hydrogen-bond acceptors (Lipinski definition) is 2. The van der Waals surface area contributed by atoms with E-state index in [2.05, 4.69) is 10.1 Å². The number of rotatable bonds is 5. The molecule has 0 atom stereocenters. The van der Waals surface area contributed by atoms with Gasteiger partial charge in [0.15, 0.2) is 17.4 Å². The smallest absolute Gasteiger partial charge is 0.190 e. The van der Waals surface area contributed by atoms with Crippen LogP contribution in [0.2, 0.25) is 0 Å². The highest BCUT2D eigenvalue weighted by molar-refractivity contribution is 5.31. The van der Waals surface area contributed by atoms with Gasteiger partial charge in [-0.2, -0.15) is 0 Å². The molecule has 0 radical (unpaired) electrons. The van der Waals surface area contributed by atoms with Gasteiger partial charge in [0.2, 0.25) is 0 Å². The van der Waals surface area contributed by atoms with E-state index in [1.54, 1.807) is 7.05 Å². The molecule has 1 aromatic rings. The second-order valence-electron chi connectivity index (χ2n) is 2.96. The van der Waals surface area contributed by atoms with Gasteiger partial charge in [-0.25, -0.2) is 13.2 Å². The maximum Gasteiger partial charge on any atom is 0.190 e. The SMILES string of the molecule is CNCc1cc(F)c(OCCF)c(F)c1. The summed E-state index contributed by atoms with van der Waals surface area (Å²) in [6, 6.07) is 2.32. The molecule has 1 aromatic carbocycles. The van der Waals surface area contributed by atoms with Crippen molar-refractivity contribution in [3.8, 4) is 5.75 Å². The number of nitrogens with one attached hydrogen (secondary N) is 1. The predicted molar refractivity (Wildman–Crippen MR) is 50.6 cm³/mol. The van der Waals surface area contributed by atoms with Crippen molar-refractivity contribution >= 4 is 0 Å². The minimum absolute atomic E-state index is 0.348. The van der Waals surface area contributed by atoms with Crippen molar-refractivity contribution in [2.75, 3.05) is 20.3 Å². The molecule has 5 heteroatoms. The molecule has 84 valence electrons. The van der Waals surface area contributed by atoms with E-state index in [9.17, 15) is 13.2 Å². The molecule has 0 aliphatic heterocycles. The molecule has 2 nitrogen and oxygen atoms in total. The van der Waals surface area contributed by atoms with Gasteiger partial charge in [0.1, 0.15) is 13.3 Å². The lowest BCUT2D eigenvalue weighted by Crippen LogP contribution is -2.08. The third-order valence-electron chi connectivity index (χ3n) is 1.76. The zero-order valence-electron chi connectivity index (χ0n) is 8.32. The Morgan fingerprint density at radius 2 is 1.87 bits per heavy atom. The Bertz CT molecular complexity index is 307. The van der Waals surface area contributed by atoms with E-state index >= 15 is 0 Å². The fourth-order valence-corrected chi connectivity index (χ4v) is 1.20. The molecule has 0 aliphatic carbocycles. The summed E-state index contributed by atoms with van der Waals surface area (Å²) < 4.78 is 42.9. The van der Waals surface area contributed by atoms with E-state index in [0.29, 0.717) is 12.1 Å². The molecule has 0 fully saturated rings. The second-order valence-corrected chi connectivity index (χ2v) is 2.96. The standard InChI is InChI=1S/C10H12F3NO/c1-14-6-7-4-8(12)10(9(13)5-7)15-3-2-11/h4-5,14H,2-3,6H2,1H3. The molecule has 0 saturated heterocycles. The maximum atomic E-state index is 13.2. The van der Waals surface area contributed by atoms with Crippen LogP contribution in [0, 0.1) is 11.6 Å². The molecule has 15 heavy (non-hydrogen) atoms. The molecule has 0 bridgehead atoms. The van der Waals surface area contributed by atoms with Crippen molar-refractivity contribution in [2.24, 2.45) is 0 Å². The zero-order chi connectivity index (χ0) is 11.3. The normalized spacial score (nSPS) is 10.4. The van der Waals surface area contributed by atoms with Crippen LogP contribution in [-0.2, 0) is 6.54 Å². The van der Waals surface area contributed by atoms with Crippen LogP contribution in [-0.4, -0.2) is 20.3 Å². The third-order valence-corrected chi connectivity index (χ3v) is 1.76. The summed E-state index contributed by atoms with van der Waals surface area (Å²) in [7, 11) is 1.67. The van der Waals surface area contributed by atoms with E-state index < -0.39 is 24.1 Å². The molecule has 1 rings (SSSR count). The van der Waals surface area contributed by atoms with Crippen LogP contribution in [0.5, 0.6) is 5.75 Å². The number of benzene rings is 1. The summed E-state index contributed by atoms with van der Waals surface area (Å²) in [4.78, 5) is 0. The Balaban J connectivity index is 2.88. The summed E-state index contributed by atoms with van der Waals surface area (Å²) >= 11 is 0. The van der Waals surface area contributed by atoms with Crippen LogP contribution in [0.4, 0.5) is 13.2 Å². The van der Waals surface area contributed by atoms with Gasteiger partial charge in [0, 0.05) is 6.54 Å². The topological polar surface area (TPSA) is 21.3 Å². The van der Waals surface area contributed by atoms with Gasteiger partial charge in [-0.1, -0.05) is 0 Å². The highest BCUT2D eigenvalue weighted by Crippen LogP contribution is 2.23. The van der Waals surface area contributed by atoms with Gasteiger partial charge in [-0.15, -0.1) is 0 Å². The van der Waals surface area contributed by atoms with E-state index in [1.807, 2.05) is 0 Å². The van der Waals surface area contributed by atoms with Crippen LogP contribution in [0.25, 0.3) is 0 Å². The van der Waals surface area contributed by atoms with Crippen LogP contribution in [0.15, 0.2) is 12.1 Å². The molecular formula is C10H12F3NO. The average molecular weight is 219 g/mol. The molecule has 0 amide bonds. The van der Waals surface area contributed by atoms with E-state index in [0.717, 1.165) is 12.1 Å². The minimum Gasteiger partial charge on any atom is -0.485 e. The largest absolute Gasteiger partial charge is 0.485 e. The van der Waals surface area contributed by atoms with Crippen molar-refractivity contribution < 1.29 is 17.9 Å². The van der Waals surface area contributed by atoms with Gasteiger partial charge < -0.3 is 10.1 Å². The lowest BCUT2D eigenvalue weighted by atomic mass is 10.2. The first-order valence-electron chi connectivity index (χ1n) is 4.50. The van der Waals surface area contributed by atoms with Crippen LogP contribution < -0.4 is 10.1 Å². The lowest BCUT2D eigenvalue weighted by Gasteiger charge is -2.08.